The molecule has 4 aromatic rings. The van der Waals surface area contributed by atoms with Crippen molar-refractivity contribution in [1.82, 2.24) is 19.8 Å². The average molecular weight is 302 g/mol. The van der Waals surface area contributed by atoms with Crippen LogP contribution in [0.25, 0.3) is 27.7 Å². The Kier molecular flexibility index (Phi) is 3.30. The molecule has 0 spiro atoms. The highest BCUT2D eigenvalue weighted by atomic mass is 15.4. The third-order valence-electron chi connectivity index (χ3n) is 3.97. The van der Waals surface area contributed by atoms with E-state index in [0.29, 0.717) is 5.92 Å². The summed E-state index contributed by atoms with van der Waals surface area (Å²) in [7, 11) is 0. The van der Waals surface area contributed by atoms with Crippen LogP contribution in [-0.4, -0.2) is 19.8 Å². The quantitative estimate of drug-likeness (QED) is 0.571. The topological polar surface area (TPSA) is 43.1 Å². The van der Waals surface area contributed by atoms with Crippen LogP contribution in [-0.2, 0) is 6.42 Å². The van der Waals surface area contributed by atoms with E-state index in [2.05, 4.69) is 48.3 Å². The Balaban J connectivity index is 2.07. The first-order valence-corrected chi connectivity index (χ1v) is 7.92. The van der Waals surface area contributed by atoms with Gasteiger partial charge in [0.2, 0.25) is 0 Å². The maximum atomic E-state index is 4.88. The highest BCUT2D eigenvalue weighted by molar-refractivity contribution is 6.01. The summed E-state index contributed by atoms with van der Waals surface area (Å²) in [6.45, 7) is 4.36. The predicted octanol–water partition coefficient (Wildman–Crippen LogP) is 4.14. The summed E-state index contributed by atoms with van der Waals surface area (Å²) in [4.78, 5) is 0. The molecule has 0 aliphatic carbocycles. The summed E-state index contributed by atoms with van der Waals surface area (Å²) in [5.74, 6) is 1.42. The highest BCUT2D eigenvalue weighted by Gasteiger charge is 2.15. The van der Waals surface area contributed by atoms with Gasteiger partial charge in [0.25, 0.3) is 0 Å². The van der Waals surface area contributed by atoms with Crippen molar-refractivity contribution in [3.8, 4) is 11.3 Å². The van der Waals surface area contributed by atoms with Crippen molar-refractivity contribution >= 4 is 16.4 Å². The number of benzene rings is 2. The number of aromatic nitrogens is 4. The average Bonchev–Trinajstić information content (AvgIpc) is 2.97. The maximum absolute atomic E-state index is 4.88. The van der Waals surface area contributed by atoms with Gasteiger partial charge in [-0.25, -0.2) is 0 Å². The van der Waals surface area contributed by atoms with Crippen LogP contribution in [0.1, 0.15) is 19.7 Å². The van der Waals surface area contributed by atoms with Gasteiger partial charge < -0.3 is 0 Å². The van der Waals surface area contributed by atoms with Crippen molar-refractivity contribution in [2.24, 2.45) is 5.92 Å². The molecule has 4 nitrogen and oxygen atoms in total. The zero-order valence-electron chi connectivity index (χ0n) is 13.3. The van der Waals surface area contributed by atoms with Gasteiger partial charge in [-0.15, -0.1) is 10.2 Å². The first-order valence-electron chi connectivity index (χ1n) is 7.92. The van der Waals surface area contributed by atoms with E-state index in [0.717, 1.165) is 39.9 Å². The second-order valence-electron chi connectivity index (χ2n) is 6.21. The lowest BCUT2D eigenvalue weighted by Gasteiger charge is -2.09. The molecule has 0 bridgehead atoms. The van der Waals surface area contributed by atoms with E-state index >= 15 is 0 Å². The molecule has 0 atom stereocenters. The van der Waals surface area contributed by atoms with Gasteiger partial charge in [0, 0.05) is 22.8 Å². The standard InChI is InChI=1S/C19H18N4/c1-13(2)12-17-20-21-19-16-11-7-6-10-15(16)18(22-23(17)19)14-8-4-3-5-9-14/h3-11,13H,12H2,1-2H3. The minimum atomic E-state index is 0.510. The van der Waals surface area contributed by atoms with E-state index in [9.17, 15) is 0 Å². The molecule has 2 aromatic heterocycles. The van der Waals surface area contributed by atoms with Crippen LogP contribution in [0.3, 0.4) is 0 Å². The molecular weight excluding hydrogens is 284 g/mol. The van der Waals surface area contributed by atoms with Crippen molar-refractivity contribution in [1.29, 1.82) is 0 Å². The van der Waals surface area contributed by atoms with Crippen LogP contribution in [0.15, 0.2) is 54.6 Å². The third-order valence-corrected chi connectivity index (χ3v) is 3.97. The Bertz CT molecular complexity index is 971. The Morgan fingerprint density at radius 1 is 0.870 bits per heavy atom. The smallest absolute Gasteiger partial charge is 0.185 e. The van der Waals surface area contributed by atoms with Crippen molar-refractivity contribution in [3.63, 3.8) is 0 Å². The van der Waals surface area contributed by atoms with Crippen LogP contribution in [0.4, 0.5) is 0 Å². The van der Waals surface area contributed by atoms with E-state index in [-0.39, 0.29) is 0 Å². The van der Waals surface area contributed by atoms with Gasteiger partial charge >= 0.3 is 0 Å². The number of nitrogens with zero attached hydrogens (tertiary/aromatic N) is 4. The van der Waals surface area contributed by atoms with Crippen LogP contribution in [0.2, 0.25) is 0 Å². The molecular formula is C19H18N4. The molecule has 0 unspecified atom stereocenters. The van der Waals surface area contributed by atoms with Gasteiger partial charge in [-0.05, 0) is 5.92 Å². The van der Waals surface area contributed by atoms with Crippen LogP contribution >= 0.6 is 0 Å². The third kappa shape index (κ3) is 2.36. The highest BCUT2D eigenvalue weighted by Crippen LogP contribution is 2.28. The van der Waals surface area contributed by atoms with Crippen LogP contribution in [0.5, 0.6) is 0 Å². The minimum absolute atomic E-state index is 0.510. The van der Waals surface area contributed by atoms with E-state index in [1.54, 1.807) is 0 Å². The second-order valence-corrected chi connectivity index (χ2v) is 6.21. The monoisotopic (exact) mass is 302 g/mol. The molecule has 0 aliphatic heterocycles. The molecule has 2 heterocycles. The van der Waals surface area contributed by atoms with Crippen molar-refractivity contribution in [3.05, 3.63) is 60.4 Å². The summed E-state index contributed by atoms with van der Waals surface area (Å²) in [6, 6.07) is 18.5. The summed E-state index contributed by atoms with van der Waals surface area (Å²) >= 11 is 0. The van der Waals surface area contributed by atoms with E-state index < -0.39 is 0 Å². The number of hydrogen-bond donors (Lipinski definition) is 0. The van der Waals surface area contributed by atoms with Gasteiger partial charge in [0.05, 0.1) is 5.69 Å². The first-order chi connectivity index (χ1) is 11.2. The van der Waals surface area contributed by atoms with Gasteiger partial charge in [0.15, 0.2) is 11.5 Å². The maximum Gasteiger partial charge on any atom is 0.185 e. The van der Waals surface area contributed by atoms with Gasteiger partial charge in [-0.3, -0.25) is 0 Å². The summed E-state index contributed by atoms with van der Waals surface area (Å²) < 4.78 is 1.91. The second kappa shape index (κ2) is 5.47. The summed E-state index contributed by atoms with van der Waals surface area (Å²) in [5, 5.41) is 15.8. The lowest BCUT2D eigenvalue weighted by molar-refractivity contribution is 0.606. The fraction of sp³-hybridized carbons (Fsp3) is 0.211. The van der Waals surface area contributed by atoms with Gasteiger partial charge in [-0.2, -0.15) is 9.61 Å². The number of hydrogen-bond acceptors (Lipinski definition) is 3. The number of fused-ring (bicyclic) bond motifs is 3. The normalized spacial score (nSPS) is 11.6. The Hall–Kier alpha value is -2.75. The van der Waals surface area contributed by atoms with Crippen molar-refractivity contribution < 1.29 is 0 Å². The van der Waals surface area contributed by atoms with Crippen molar-refractivity contribution in [2.45, 2.75) is 20.3 Å². The zero-order valence-corrected chi connectivity index (χ0v) is 13.3. The molecule has 2 aromatic carbocycles. The van der Waals surface area contributed by atoms with Gasteiger partial charge in [-0.1, -0.05) is 68.4 Å². The molecule has 0 fully saturated rings. The van der Waals surface area contributed by atoms with Crippen LogP contribution < -0.4 is 0 Å². The zero-order chi connectivity index (χ0) is 15.8. The Morgan fingerprint density at radius 2 is 1.57 bits per heavy atom. The Morgan fingerprint density at radius 3 is 2.30 bits per heavy atom. The SMILES string of the molecule is CC(C)Cc1nnc2c3ccccc3c(-c3ccccc3)nn12. The Labute approximate surface area is 134 Å². The molecule has 0 amide bonds. The first kappa shape index (κ1) is 13.9. The molecule has 0 aliphatic rings. The van der Waals surface area contributed by atoms with E-state index in [1.165, 1.54) is 0 Å². The summed E-state index contributed by atoms with van der Waals surface area (Å²) in [5.41, 5.74) is 2.91. The minimum Gasteiger partial charge on any atom is -0.196 e. The lowest BCUT2D eigenvalue weighted by atomic mass is 10.0. The van der Waals surface area contributed by atoms with Crippen molar-refractivity contribution in [2.75, 3.05) is 0 Å². The molecule has 114 valence electrons. The molecule has 0 N–H and O–H groups in total. The molecule has 4 heteroatoms. The van der Waals surface area contributed by atoms with E-state index in [4.69, 9.17) is 5.10 Å². The molecule has 4 rings (SSSR count). The molecule has 0 saturated carbocycles. The fourth-order valence-corrected chi connectivity index (χ4v) is 2.93. The van der Waals surface area contributed by atoms with Gasteiger partial charge in [0.1, 0.15) is 0 Å². The number of rotatable bonds is 3. The fourth-order valence-electron chi connectivity index (χ4n) is 2.93. The lowest BCUT2D eigenvalue weighted by Crippen LogP contribution is -2.04. The molecule has 0 saturated heterocycles. The molecule has 23 heavy (non-hydrogen) atoms. The predicted molar refractivity (Wildman–Crippen MR) is 92.3 cm³/mol. The van der Waals surface area contributed by atoms with Crippen LogP contribution in [0, 0.1) is 5.92 Å². The summed E-state index contributed by atoms with van der Waals surface area (Å²) in [6.07, 6.45) is 0.862. The van der Waals surface area contributed by atoms with E-state index in [1.807, 2.05) is 34.8 Å². The largest absolute Gasteiger partial charge is 0.196 e. The molecule has 0 radical (unpaired) electrons.